The van der Waals surface area contributed by atoms with Gasteiger partial charge in [-0.3, -0.25) is 9.48 Å². The third kappa shape index (κ3) is 2.85. The minimum atomic E-state index is -0.574. The van der Waals surface area contributed by atoms with Crippen molar-refractivity contribution >= 4 is 27.3 Å². The molecule has 0 spiro atoms. The summed E-state index contributed by atoms with van der Waals surface area (Å²) < 4.78 is 3.13. The number of thiophene rings is 1. The van der Waals surface area contributed by atoms with Crippen LogP contribution in [0.5, 0.6) is 0 Å². The van der Waals surface area contributed by atoms with E-state index in [1.165, 1.54) is 15.6 Å². The normalized spacial score (nSPS) is 16.8. The summed E-state index contributed by atoms with van der Waals surface area (Å²) in [5.74, 6) is 0.146. The molecule has 0 bridgehead atoms. The highest BCUT2D eigenvalue weighted by atomic mass is 32.1. The Morgan fingerprint density at radius 3 is 2.88 bits per heavy atom. The first kappa shape index (κ1) is 16.3. The van der Waals surface area contributed by atoms with Gasteiger partial charge in [-0.2, -0.15) is 5.10 Å². The van der Waals surface area contributed by atoms with Crippen LogP contribution >= 0.6 is 11.3 Å². The largest absolute Gasteiger partial charge is 0.339 e. The number of aromatic nitrogens is 2. The minimum Gasteiger partial charge on any atom is -0.339 e. The standard InChI is InChI=1S/C19H22N4OS/c1-22(13-15-14-25-17-6-3-2-5-16(15)17)18(24)19(7-10-20-11-8-19)23-12-4-9-21-23/h2-6,9,12,14,20H,7-8,10-11,13H2,1H3. The lowest BCUT2D eigenvalue weighted by molar-refractivity contribution is -0.142. The van der Waals surface area contributed by atoms with Crippen LogP contribution in [-0.2, 0) is 16.9 Å². The van der Waals surface area contributed by atoms with E-state index in [9.17, 15) is 4.79 Å². The molecule has 4 rings (SSSR count). The van der Waals surface area contributed by atoms with Gasteiger partial charge in [0.25, 0.3) is 5.91 Å². The predicted octanol–water partition coefficient (Wildman–Crippen LogP) is 2.84. The predicted molar refractivity (Wildman–Crippen MR) is 101 cm³/mol. The van der Waals surface area contributed by atoms with E-state index in [-0.39, 0.29) is 5.91 Å². The highest BCUT2D eigenvalue weighted by molar-refractivity contribution is 7.17. The lowest BCUT2D eigenvalue weighted by atomic mass is 9.86. The molecular weight excluding hydrogens is 332 g/mol. The molecule has 1 aliphatic rings. The van der Waals surface area contributed by atoms with Crippen LogP contribution in [0.1, 0.15) is 18.4 Å². The van der Waals surface area contributed by atoms with Gasteiger partial charge in [-0.15, -0.1) is 11.3 Å². The van der Waals surface area contributed by atoms with Gasteiger partial charge in [-0.25, -0.2) is 0 Å². The molecule has 3 heterocycles. The number of amides is 1. The molecule has 1 aromatic carbocycles. The Morgan fingerprint density at radius 2 is 2.12 bits per heavy atom. The molecule has 0 atom stereocenters. The average Bonchev–Trinajstić information content (AvgIpc) is 3.32. The Morgan fingerprint density at radius 1 is 1.32 bits per heavy atom. The van der Waals surface area contributed by atoms with Crippen LogP contribution in [0, 0.1) is 0 Å². The molecule has 2 aromatic heterocycles. The topological polar surface area (TPSA) is 50.2 Å². The monoisotopic (exact) mass is 354 g/mol. The molecule has 1 fully saturated rings. The van der Waals surface area contributed by atoms with Gasteiger partial charge in [-0.1, -0.05) is 18.2 Å². The van der Waals surface area contributed by atoms with E-state index < -0.39 is 5.54 Å². The van der Waals surface area contributed by atoms with Crippen molar-refractivity contribution in [2.24, 2.45) is 0 Å². The lowest BCUT2D eigenvalue weighted by Crippen LogP contribution is -2.54. The third-order valence-corrected chi connectivity index (χ3v) is 6.10. The Bertz CT molecular complexity index is 865. The number of hydrogen-bond donors (Lipinski definition) is 1. The highest BCUT2D eigenvalue weighted by Crippen LogP contribution is 2.31. The molecule has 25 heavy (non-hydrogen) atoms. The number of benzene rings is 1. The van der Waals surface area contributed by atoms with Gasteiger partial charge in [0.1, 0.15) is 5.54 Å². The highest BCUT2D eigenvalue weighted by Gasteiger charge is 2.43. The second-order valence-corrected chi connectivity index (χ2v) is 7.56. The molecule has 3 aromatic rings. The van der Waals surface area contributed by atoms with Crippen molar-refractivity contribution in [3.05, 3.63) is 53.7 Å². The second-order valence-electron chi connectivity index (χ2n) is 6.65. The van der Waals surface area contributed by atoms with E-state index in [4.69, 9.17) is 0 Å². The Balaban J connectivity index is 1.62. The fourth-order valence-electron chi connectivity index (χ4n) is 3.74. The minimum absolute atomic E-state index is 0.146. The van der Waals surface area contributed by atoms with E-state index in [0.29, 0.717) is 6.54 Å². The van der Waals surface area contributed by atoms with E-state index in [0.717, 1.165) is 25.9 Å². The molecule has 5 nitrogen and oxygen atoms in total. The van der Waals surface area contributed by atoms with Gasteiger partial charge in [0.05, 0.1) is 0 Å². The maximum Gasteiger partial charge on any atom is 0.250 e. The molecule has 1 amide bonds. The summed E-state index contributed by atoms with van der Waals surface area (Å²) in [5, 5.41) is 11.2. The van der Waals surface area contributed by atoms with Crippen molar-refractivity contribution in [1.29, 1.82) is 0 Å². The Hall–Kier alpha value is -2.18. The van der Waals surface area contributed by atoms with Crippen LogP contribution in [-0.4, -0.2) is 40.7 Å². The summed E-state index contributed by atoms with van der Waals surface area (Å²) in [7, 11) is 1.90. The maximum absolute atomic E-state index is 13.4. The van der Waals surface area contributed by atoms with Crippen LogP contribution in [0.15, 0.2) is 48.1 Å². The van der Waals surface area contributed by atoms with E-state index in [1.807, 2.05) is 28.9 Å². The zero-order valence-corrected chi connectivity index (χ0v) is 15.1. The van der Waals surface area contributed by atoms with Crippen LogP contribution < -0.4 is 5.32 Å². The number of piperidine rings is 1. The summed E-state index contributed by atoms with van der Waals surface area (Å²) in [6.45, 7) is 2.29. The molecule has 1 saturated heterocycles. The number of nitrogens with one attached hydrogen (secondary N) is 1. The third-order valence-electron chi connectivity index (χ3n) is 5.09. The van der Waals surface area contributed by atoms with Gasteiger partial charge < -0.3 is 10.2 Å². The molecule has 6 heteroatoms. The number of nitrogens with zero attached hydrogens (tertiary/aromatic N) is 3. The number of hydrogen-bond acceptors (Lipinski definition) is 4. The SMILES string of the molecule is CN(Cc1csc2ccccc12)C(=O)C1(n2cccn2)CCNCC1. The molecule has 0 radical (unpaired) electrons. The van der Waals surface area contributed by atoms with E-state index >= 15 is 0 Å². The van der Waals surface area contributed by atoms with Crippen molar-refractivity contribution < 1.29 is 4.79 Å². The van der Waals surface area contributed by atoms with Crippen molar-refractivity contribution in [2.45, 2.75) is 24.9 Å². The molecule has 0 saturated carbocycles. The molecule has 1 N–H and O–H groups in total. The van der Waals surface area contributed by atoms with E-state index in [1.54, 1.807) is 17.5 Å². The average molecular weight is 354 g/mol. The van der Waals surface area contributed by atoms with Crippen LogP contribution in [0.4, 0.5) is 0 Å². The first-order chi connectivity index (χ1) is 12.2. The zero-order chi connectivity index (χ0) is 17.3. The van der Waals surface area contributed by atoms with Gasteiger partial charge in [-0.05, 0) is 54.4 Å². The summed E-state index contributed by atoms with van der Waals surface area (Å²) >= 11 is 1.73. The van der Waals surface area contributed by atoms with E-state index in [2.05, 4.69) is 40.1 Å². The fourth-order valence-corrected chi connectivity index (χ4v) is 4.70. The van der Waals surface area contributed by atoms with Gasteiger partial charge >= 0.3 is 0 Å². The molecular formula is C19H22N4OS. The van der Waals surface area contributed by atoms with Crippen LogP contribution in [0.2, 0.25) is 0 Å². The first-order valence-electron chi connectivity index (χ1n) is 8.62. The summed E-state index contributed by atoms with van der Waals surface area (Å²) in [4.78, 5) is 15.3. The molecule has 0 unspecified atom stereocenters. The lowest BCUT2D eigenvalue weighted by Gasteiger charge is -2.39. The smallest absolute Gasteiger partial charge is 0.250 e. The maximum atomic E-state index is 13.4. The van der Waals surface area contributed by atoms with Crippen molar-refractivity contribution in [3.63, 3.8) is 0 Å². The quantitative estimate of drug-likeness (QED) is 0.784. The Kier molecular flexibility index (Phi) is 4.31. The summed E-state index contributed by atoms with van der Waals surface area (Å²) in [6, 6.07) is 10.3. The van der Waals surface area contributed by atoms with Gasteiger partial charge in [0.2, 0.25) is 0 Å². The van der Waals surface area contributed by atoms with Gasteiger partial charge in [0.15, 0.2) is 0 Å². The van der Waals surface area contributed by atoms with Crippen molar-refractivity contribution in [1.82, 2.24) is 20.0 Å². The first-order valence-corrected chi connectivity index (χ1v) is 9.50. The van der Waals surface area contributed by atoms with Crippen LogP contribution in [0.3, 0.4) is 0 Å². The Labute approximate surface area is 151 Å². The van der Waals surface area contributed by atoms with Crippen molar-refractivity contribution in [3.8, 4) is 0 Å². The summed E-state index contributed by atoms with van der Waals surface area (Å²) in [5.41, 5.74) is 0.635. The van der Waals surface area contributed by atoms with Gasteiger partial charge in [0, 0.05) is 30.7 Å². The molecule has 0 aliphatic carbocycles. The number of rotatable bonds is 4. The second kappa shape index (κ2) is 6.61. The fraction of sp³-hybridized carbons (Fsp3) is 0.368. The summed E-state index contributed by atoms with van der Waals surface area (Å²) in [6.07, 6.45) is 5.20. The molecule has 1 aliphatic heterocycles. The number of carbonyl (C=O) groups is 1. The number of carbonyl (C=O) groups excluding carboxylic acids is 1. The molecule has 130 valence electrons. The number of fused-ring (bicyclic) bond motifs is 1. The van der Waals surface area contributed by atoms with Crippen LogP contribution in [0.25, 0.3) is 10.1 Å². The number of likely N-dealkylation sites (N-methyl/N-ethyl adjacent to an activating group) is 1. The van der Waals surface area contributed by atoms with Crippen molar-refractivity contribution in [2.75, 3.05) is 20.1 Å². The zero-order valence-electron chi connectivity index (χ0n) is 14.3.